The van der Waals surface area contributed by atoms with Gasteiger partial charge in [0.1, 0.15) is 0 Å². The zero-order valence-corrected chi connectivity index (χ0v) is 15.5. The van der Waals surface area contributed by atoms with Crippen LogP contribution in [0.3, 0.4) is 0 Å². The topological polar surface area (TPSA) is 20.3 Å². The van der Waals surface area contributed by atoms with Gasteiger partial charge in [-0.1, -0.05) is 90.5 Å². The molecule has 4 heteroatoms. The molecule has 0 N–H and O–H groups in total. The number of rotatable bonds is 2. The summed E-state index contributed by atoms with van der Waals surface area (Å²) in [5.41, 5.74) is 4.04. The molecule has 26 heavy (non-hydrogen) atoms. The molecule has 1 amide bonds. The molecule has 2 heterocycles. The van der Waals surface area contributed by atoms with Crippen molar-refractivity contribution >= 4 is 35.0 Å². The molecule has 5 rings (SSSR count). The van der Waals surface area contributed by atoms with E-state index < -0.39 is 9.75 Å². The molecule has 0 saturated carbocycles. The molecule has 3 aromatic rings. The van der Waals surface area contributed by atoms with E-state index >= 15 is 0 Å². The summed E-state index contributed by atoms with van der Waals surface area (Å²) in [5.74, 6) is 0.754. The summed E-state index contributed by atoms with van der Waals surface area (Å²) in [6.07, 6.45) is 0. The minimum absolute atomic E-state index is 0.0612. The molecular weight excluding hydrogens is 362 g/mol. The maximum absolute atomic E-state index is 13.4. The zero-order chi connectivity index (χ0) is 17.8. The Morgan fingerprint density at radius 2 is 1.38 bits per heavy atom. The van der Waals surface area contributed by atoms with Crippen molar-refractivity contribution in [3.05, 3.63) is 102 Å². The minimum Gasteiger partial charge on any atom is -0.288 e. The first-order valence-electron chi connectivity index (χ1n) is 8.56. The van der Waals surface area contributed by atoms with Crippen molar-refractivity contribution in [2.75, 3.05) is 4.90 Å². The highest BCUT2D eigenvalue weighted by molar-refractivity contribution is 8.00. The predicted molar refractivity (Wildman–Crippen MR) is 107 cm³/mol. The molecule has 0 aliphatic carbocycles. The van der Waals surface area contributed by atoms with E-state index in [0.717, 1.165) is 22.6 Å². The number of thioether (sulfide) groups is 1. The van der Waals surface area contributed by atoms with Crippen LogP contribution in [0, 0.1) is 0 Å². The summed E-state index contributed by atoms with van der Waals surface area (Å²) >= 11 is 8.94. The van der Waals surface area contributed by atoms with Gasteiger partial charge in [-0.2, -0.15) is 0 Å². The molecule has 1 fully saturated rings. The summed E-state index contributed by atoms with van der Waals surface area (Å²) in [7, 11) is 0. The number of hydrogen-bond donors (Lipinski definition) is 0. The van der Waals surface area contributed by atoms with Crippen molar-refractivity contribution in [1.82, 2.24) is 0 Å². The molecule has 3 aromatic carbocycles. The average Bonchev–Trinajstić information content (AvgIpc) is 2.73. The Kier molecular flexibility index (Phi) is 3.46. The van der Waals surface area contributed by atoms with Gasteiger partial charge in [0.05, 0.1) is 0 Å². The highest BCUT2D eigenvalue weighted by Crippen LogP contribution is 2.68. The minimum atomic E-state index is -1.12. The predicted octanol–water partition coefficient (Wildman–Crippen LogP) is 5.27. The second-order valence-corrected chi connectivity index (χ2v) is 8.33. The number of benzene rings is 3. The van der Waals surface area contributed by atoms with Crippen molar-refractivity contribution < 1.29 is 4.79 Å². The Bertz CT molecular complexity index is 993. The lowest BCUT2D eigenvalue weighted by Gasteiger charge is -2.63. The number of carbonyl (C=O) groups excluding carboxylic acids is 1. The number of β-lactam (4-membered cyclic amide) rings is 1. The Morgan fingerprint density at radius 1 is 0.808 bits per heavy atom. The van der Waals surface area contributed by atoms with Crippen LogP contribution in [0.2, 0.25) is 0 Å². The molecular formula is C22H16ClNOS. The van der Waals surface area contributed by atoms with Crippen molar-refractivity contribution in [1.29, 1.82) is 0 Å². The van der Waals surface area contributed by atoms with E-state index in [4.69, 9.17) is 11.6 Å². The Morgan fingerprint density at radius 3 is 2.08 bits per heavy atom. The molecule has 1 saturated heterocycles. The summed E-state index contributed by atoms with van der Waals surface area (Å²) in [4.78, 5) is 13.6. The van der Waals surface area contributed by atoms with E-state index in [1.807, 2.05) is 71.6 Å². The molecule has 2 atom stereocenters. The first-order chi connectivity index (χ1) is 12.7. The van der Waals surface area contributed by atoms with Gasteiger partial charge in [0, 0.05) is 11.4 Å². The molecule has 2 aliphatic heterocycles. The highest BCUT2D eigenvalue weighted by atomic mass is 35.5. The van der Waals surface area contributed by atoms with E-state index in [0.29, 0.717) is 0 Å². The standard InChI is InChI=1S/C22H16ClNOS/c23-21(17-10-3-1-4-11-17)20(25)24-19-14-8-7-9-16(19)15-26-22(21,24)18-12-5-2-6-13-18/h1-14H,15H2/t21-,22-/m0/s1. The molecule has 0 radical (unpaired) electrons. The van der Waals surface area contributed by atoms with E-state index in [1.54, 1.807) is 11.8 Å². The third-order valence-electron chi connectivity index (χ3n) is 5.29. The lowest BCUT2D eigenvalue weighted by molar-refractivity contribution is -0.130. The van der Waals surface area contributed by atoms with Crippen LogP contribution in [0.25, 0.3) is 0 Å². The fraction of sp³-hybridized carbons (Fsp3) is 0.136. The van der Waals surface area contributed by atoms with Crippen LogP contribution >= 0.6 is 23.4 Å². The first kappa shape index (κ1) is 16.0. The van der Waals surface area contributed by atoms with Crippen molar-refractivity contribution in [2.45, 2.75) is 15.5 Å². The highest BCUT2D eigenvalue weighted by Gasteiger charge is 2.74. The van der Waals surface area contributed by atoms with Gasteiger partial charge in [-0.3, -0.25) is 9.69 Å². The Labute approximate surface area is 161 Å². The number of amides is 1. The smallest absolute Gasteiger partial charge is 0.258 e. The number of carbonyl (C=O) groups is 1. The number of fused-ring (bicyclic) bond motifs is 3. The van der Waals surface area contributed by atoms with Gasteiger partial charge in [0.15, 0.2) is 9.75 Å². The lowest BCUT2D eigenvalue weighted by Crippen LogP contribution is -2.75. The molecule has 2 aliphatic rings. The van der Waals surface area contributed by atoms with Crippen LogP contribution in [0.5, 0.6) is 0 Å². The van der Waals surface area contributed by atoms with Crippen molar-refractivity contribution in [2.24, 2.45) is 0 Å². The lowest BCUT2D eigenvalue weighted by atomic mass is 9.75. The second-order valence-electron chi connectivity index (χ2n) is 6.59. The number of halogens is 1. The van der Waals surface area contributed by atoms with E-state index in [1.165, 1.54) is 5.56 Å². The molecule has 128 valence electrons. The molecule has 0 unspecified atom stereocenters. The van der Waals surface area contributed by atoms with Gasteiger partial charge < -0.3 is 0 Å². The largest absolute Gasteiger partial charge is 0.288 e. The maximum Gasteiger partial charge on any atom is 0.258 e. The Balaban J connectivity index is 1.78. The normalized spacial score (nSPS) is 26.7. The van der Waals surface area contributed by atoms with Crippen molar-refractivity contribution in [3.63, 3.8) is 0 Å². The SMILES string of the molecule is O=C1N2c3ccccc3CS[C@@]2(c2ccccc2)[C@]1(Cl)c1ccccc1. The van der Waals surface area contributed by atoms with E-state index in [9.17, 15) is 4.79 Å². The molecule has 0 spiro atoms. The van der Waals surface area contributed by atoms with E-state index in [-0.39, 0.29) is 5.91 Å². The average molecular weight is 378 g/mol. The van der Waals surface area contributed by atoms with Gasteiger partial charge in [0.2, 0.25) is 0 Å². The van der Waals surface area contributed by atoms with Gasteiger partial charge >= 0.3 is 0 Å². The summed E-state index contributed by atoms with van der Waals surface area (Å²) in [6.45, 7) is 0. The fourth-order valence-corrected chi connectivity index (χ4v) is 6.28. The monoisotopic (exact) mass is 377 g/mol. The molecule has 2 nitrogen and oxygen atoms in total. The molecule has 0 bridgehead atoms. The quantitative estimate of drug-likeness (QED) is 0.448. The van der Waals surface area contributed by atoms with Gasteiger partial charge in [-0.15, -0.1) is 11.8 Å². The Hall–Kier alpha value is -2.23. The van der Waals surface area contributed by atoms with Crippen LogP contribution in [0.15, 0.2) is 84.9 Å². The summed E-state index contributed by atoms with van der Waals surface area (Å²) in [6, 6.07) is 28.0. The van der Waals surface area contributed by atoms with Crippen LogP contribution in [0.1, 0.15) is 16.7 Å². The van der Waals surface area contributed by atoms with Crippen LogP contribution in [-0.4, -0.2) is 5.91 Å². The number of alkyl halides is 1. The number of hydrogen-bond acceptors (Lipinski definition) is 2. The van der Waals surface area contributed by atoms with Gasteiger partial charge in [0.25, 0.3) is 5.91 Å². The summed E-state index contributed by atoms with van der Waals surface area (Å²) < 4.78 is 0. The van der Waals surface area contributed by atoms with Crippen LogP contribution in [-0.2, 0) is 20.3 Å². The number of para-hydroxylation sites is 1. The van der Waals surface area contributed by atoms with Crippen LogP contribution in [0.4, 0.5) is 5.69 Å². The van der Waals surface area contributed by atoms with Gasteiger partial charge in [-0.05, 0) is 22.8 Å². The second kappa shape index (κ2) is 5.63. The molecule has 0 aromatic heterocycles. The first-order valence-corrected chi connectivity index (χ1v) is 9.92. The van der Waals surface area contributed by atoms with Gasteiger partial charge in [-0.25, -0.2) is 0 Å². The summed E-state index contributed by atoms with van der Waals surface area (Å²) in [5, 5.41) is 0. The van der Waals surface area contributed by atoms with E-state index in [2.05, 4.69) is 18.2 Å². The third-order valence-corrected chi connectivity index (χ3v) is 7.65. The fourth-order valence-electron chi connectivity index (χ4n) is 4.08. The zero-order valence-electron chi connectivity index (χ0n) is 13.9. The number of nitrogens with zero attached hydrogens (tertiary/aromatic N) is 1. The maximum atomic E-state index is 13.4. The van der Waals surface area contributed by atoms with Crippen LogP contribution < -0.4 is 4.90 Å². The number of anilines is 1. The van der Waals surface area contributed by atoms with Crippen molar-refractivity contribution in [3.8, 4) is 0 Å². The third kappa shape index (κ3) is 1.82.